The number of aromatic hydroxyl groups is 1. The van der Waals surface area contributed by atoms with E-state index in [1.54, 1.807) is 25.3 Å². The number of nitrogens with zero attached hydrogens (tertiary/aromatic N) is 1. The number of benzene rings is 1. The van der Waals surface area contributed by atoms with Crippen molar-refractivity contribution in [1.29, 1.82) is 0 Å². The molecule has 0 amide bonds. The van der Waals surface area contributed by atoms with E-state index >= 15 is 0 Å². The molecular weight excluding hydrogens is 254 g/mol. The molecule has 0 aliphatic heterocycles. The lowest BCUT2D eigenvalue weighted by Gasteiger charge is -2.18. The number of aromatic nitrogens is 1. The van der Waals surface area contributed by atoms with Crippen molar-refractivity contribution in [2.24, 2.45) is 0 Å². The summed E-state index contributed by atoms with van der Waals surface area (Å²) in [6, 6.07) is 6.80. The normalized spacial score (nSPS) is 12.3. The number of hydrogen-bond acceptors (Lipinski definition) is 4. The lowest BCUT2D eigenvalue weighted by Crippen LogP contribution is -2.17. The second kappa shape index (κ2) is 5.84. The van der Waals surface area contributed by atoms with Gasteiger partial charge in [-0.25, -0.2) is 0 Å². The number of pyridine rings is 1. The fourth-order valence-corrected chi connectivity index (χ4v) is 2.11. The average Bonchev–Trinajstić information content (AvgIpc) is 2.45. The Balaban J connectivity index is 2.62. The van der Waals surface area contributed by atoms with Gasteiger partial charge in [-0.15, -0.1) is 0 Å². The first-order chi connectivity index (χ1) is 9.56. The number of Topliss-reactive ketones (excluding diaryl/α,β-unsaturated/α-hetero) is 1. The molecule has 0 fully saturated rings. The summed E-state index contributed by atoms with van der Waals surface area (Å²) >= 11 is 0. The molecule has 0 aliphatic carbocycles. The van der Waals surface area contributed by atoms with E-state index in [1.165, 1.54) is 6.07 Å². The molecule has 4 heteroatoms. The van der Waals surface area contributed by atoms with Crippen molar-refractivity contribution >= 4 is 16.7 Å². The summed E-state index contributed by atoms with van der Waals surface area (Å²) < 4.78 is 5.58. The van der Waals surface area contributed by atoms with Crippen molar-refractivity contribution in [3.05, 3.63) is 48.2 Å². The number of carbonyl (C=O) groups is 1. The SMILES string of the molecule is C=C(C)C(=O)C(OCC)c1ccc(O)c2ncccc12. The largest absolute Gasteiger partial charge is 0.506 e. The Bertz CT molecular complexity index is 664. The van der Waals surface area contributed by atoms with Gasteiger partial charge in [-0.1, -0.05) is 18.7 Å². The smallest absolute Gasteiger partial charge is 0.191 e. The molecule has 1 aromatic heterocycles. The molecule has 20 heavy (non-hydrogen) atoms. The van der Waals surface area contributed by atoms with Crippen molar-refractivity contribution in [1.82, 2.24) is 4.98 Å². The molecule has 0 saturated heterocycles. The molecule has 2 aromatic rings. The fourth-order valence-electron chi connectivity index (χ4n) is 2.11. The Kier molecular flexibility index (Phi) is 4.15. The van der Waals surface area contributed by atoms with Gasteiger partial charge in [0.05, 0.1) is 0 Å². The summed E-state index contributed by atoms with van der Waals surface area (Å²) in [5.41, 5.74) is 1.60. The molecule has 0 radical (unpaired) electrons. The first kappa shape index (κ1) is 14.2. The zero-order valence-electron chi connectivity index (χ0n) is 11.6. The maximum Gasteiger partial charge on any atom is 0.191 e. The van der Waals surface area contributed by atoms with Crippen LogP contribution in [0.3, 0.4) is 0 Å². The molecule has 0 aliphatic rings. The van der Waals surface area contributed by atoms with E-state index < -0.39 is 6.10 Å². The van der Waals surface area contributed by atoms with Crippen LogP contribution >= 0.6 is 0 Å². The molecule has 1 unspecified atom stereocenters. The highest BCUT2D eigenvalue weighted by molar-refractivity contribution is 6.01. The number of carbonyl (C=O) groups excluding carboxylic acids is 1. The molecule has 1 atom stereocenters. The van der Waals surface area contributed by atoms with E-state index in [1.807, 2.05) is 13.0 Å². The van der Waals surface area contributed by atoms with E-state index in [-0.39, 0.29) is 11.5 Å². The van der Waals surface area contributed by atoms with E-state index in [2.05, 4.69) is 11.6 Å². The predicted octanol–water partition coefficient (Wildman–Crippen LogP) is 3.16. The highest BCUT2D eigenvalue weighted by Crippen LogP contribution is 2.32. The Morgan fingerprint density at radius 1 is 1.45 bits per heavy atom. The monoisotopic (exact) mass is 271 g/mol. The van der Waals surface area contributed by atoms with Gasteiger partial charge in [0.1, 0.15) is 17.4 Å². The highest BCUT2D eigenvalue weighted by Gasteiger charge is 2.24. The molecule has 2 rings (SSSR count). The van der Waals surface area contributed by atoms with Gasteiger partial charge in [-0.3, -0.25) is 9.78 Å². The Morgan fingerprint density at radius 2 is 2.20 bits per heavy atom. The lowest BCUT2D eigenvalue weighted by molar-refractivity contribution is -0.126. The third kappa shape index (κ3) is 2.56. The van der Waals surface area contributed by atoms with Crippen molar-refractivity contribution in [3.63, 3.8) is 0 Å². The minimum absolute atomic E-state index is 0.0855. The van der Waals surface area contributed by atoms with Crippen LogP contribution in [0.15, 0.2) is 42.6 Å². The van der Waals surface area contributed by atoms with Crippen molar-refractivity contribution in [3.8, 4) is 5.75 Å². The van der Waals surface area contributed by atoms with E-state index in [9.17, 15) is 9.90 Å². The summed E-state index contributed by atoms with van der Waals surface area (Å²) in [7, 11) is 0. The summed E-state index contributed by atoms with van der Waals surface area (Å²) in [6.45, 7) is 7.59. The van der Waals surface area contributed by atoms with Crippen LogP contribution in [-0.2, 0) is 9.53 Å². The van der Waals surface area contributed by atoms with E-state index in [0.29, 0.717) is 28.6 Å². The summed E-state index contributed by atoms with van der Waals surface area (Å²) in [4.78, 5) is 16.4. The fraction of sp³-hybridized carbons (Fsp3) is 0.250. The third-order valence-corrected chi connectivity index (χ3v) is 3.06. The molecule has 1 aromatic carbocycles. The summed E-state index contributed by atoms with van der Waals surface area (Å²) in [5.74, 6) is -0.0786. The van der Waals surface area contributed by atoms with Crippen molar-refractivity contribution < 1.29 is 14.6 Å². The van der Waals surface area contributed by atoms with Crippen LogP contribution in [0, 0.1) is 0 Å². The van der Waals surface area contributed by atoms with Gasteiger partial charge in [0.25, 0.3) is 0 Å². The van der Waals surface area contributed by atoms with Crippen LogP contribution in [0.1, 0.15) is 25.5 Å². The molecule has 1 heterocycles. The van der Waals surface area contributed by atoms with E-state index in [0.717, 1.165) is 0 Å². The van der Waals surface area contributed by atoms with Gasteiger partial charge >= 0.3 is 0 Å². The van der Waals surface area contributed by atoms with Gasteiger partial charge in [0, 0.05) is 18.2 Å². The van der Waals surface area contributed by atoms with Crippen molar-refractivity contribution in [2.45, 2.75) is 20.0 Å². The number of hydrogen-bond donors (Lipinski definition) is 1. The van der Waals surface area contributed by atoms with Crippen LogP contribution in [0.2, 0.25) is 0 Å². The van der Waals surface area contributed by atoms with E-state index in [4.69, 9.17) is 4.74 Å². The Labute approximate surface area is 117 Å². The maximum absolute atomic E-state index is 12.3. The highest BCUT2D eigenvalue weighted by atomic mass is 16.5. The number of phenolic OH excluding ortho intramolecular Hbond substituents is 1. The first-order valence-electron chi connectivity index (χ1n) is 6.44. The maximum atomic E-state index is 12.3. The zero-order valence-corrected chi connectivity index (χ0v) is 11.6. The number of rotatable bonds is 5. The molecule has 0 spiro atoms. The Hall–Kier alpha value is -2.20. The van der Waals surface area contributed by atoms with Gasteiger partial charge in [-0.2, -0.15) is 0 Å². The Morgan fingerprint density at radius 3 is 2.85 bits per heavy atom. The van der Waals surface area contributed by atoms with Crippen LogP contribution in [0.4, 0.5) is 0 Å². The van der Waals surface area contributed by atoms with Crippen LogP contribution < -0.4 is 0 Å². The van der Waals surface area contributed by atoms with Gasteiger partial charge in [0.2, 0.25) is 0 Å². The number of ether oxygens (including phenoxy) is 1. The minimum atomic E-state index is -0.718. The summed E-state index contributed by atoms with van der Waals surface area (Å²) in [6.07, 6.45) is 0.882. The topological polar surface area (TPSA) is 59.4 Å². The second-order valence-electron chi connectivity index (χ2n) is 4.55. The number of ketones is 1. The minimum Gasteiger partial charge on any atom is -0.506 e. The lowest BCUT2D eigenvalue weighted by atomic mass is 9.97. The van der Waals surface area contributed by atoms with Crippen molar-refractivity contribution in [2.75, 3.05) is 6.61 Å². The molecule has 1 N–H and O–H groups in total. The van der Waals surface area contributed by atoms with Crippen LogP contribution in [0.5, 0.6) is 5.75 Å². The zero-order chi connectivity index (χ0) is 14.7. The molecule has 0 bridgehead atoms. The molecular formula is C16H17NO3. The quantitative estimate of drug-likeness (QED) is 0.849. The second-order valence-corrected chi connectivity index (χ2v) is 4.55. The number of phenols is 1. The average molecular weight is 271 g/mol. The predicted molar refractivity (Wildman–Crippen MR) is 77.6 cm³/mol. The van der Waals surface area contributed by atoms with Gasteiger partial charge in [-0.05, 0) is 37.1 Å². The standard InChI is InChI=1S/C16H17NO3/c1-4-20-16(15(19)10(2)3)12-7-8-13(18)14-11(12)6-5-9-17-14/h5-9,16,18H,2,4H2,1,3H3. The molecule has 4 nitrogen and oxygen atoms in total. The number of fused-ring (bicyclic) bond motifs is 1. The van der Waals surface area contributed by atoms with Crippen LogP contribution in [-0.4, -0.2) is 22.5 Å². The van der Waals surface area contributed by atoms with Crippen LogP contribution in [0.25, 0.3) is 10.9 Å². The van der Waals surface area contributed by atoms with Gasteiger partial charge < -0.3 is 9.84 Å². The third-order valence-electron chi connectivity index (χ3n) is 3.06. The van der Waals surface area contributed by atoms with Gasteiger partial charge in [0.15, 0.2) is 5.78 Å². The molecule has 104 valence electrons. The first-order valence-corrected chi connectivity index (χ1v) is 6.44. The summed E-state index contributed by atoms with van der Waals surface area (Å²) in [5, 5.41) is 10.6. The molecule has 0 saturated carbocycles.